The molecule has 4 aromatic rings. The minimum absolute atomic E-state index is 0.195. The van der Waals surface area contributed by atoms with Crippen LogP contribution in [-0.2, 0) is 14.3 Å². The van der Waals surface area contributed by atoms with E-state index in [-0.39, 0.29) is 11.1 Å². The largest absolute Gasteiger partial charge is 0.457 e. The van der Waals surface area contributed by atoms with E-state index in [4.69, 9.17) is 9.47 Å². The van der Waals surface area contributed by atoms with Crippen molar-refractivity contribution in [3.05, 3.63) is 123 Å². The average Bonchev–Trinajstić information content (AvgIpc) is 3.55. The molecular formula is C32H19Br2NO6. The molecule has 2 heterocycles. The van der Waals surface area contributed by atoms with Gasteiger partial charge < -0.3 is 9.47 Å². The van der Waals surface area contributed by atoms with E-state index >= 15 is 0 Å². The van der Waals surface area contributed by atoms with Gasteiger partial charge in [0.1, 0.15) is 11.5 Å². The van der Waals surface area contributed by atoms with Crippen LogP contribution in [0, 0.1) is 11.8 Å². The first-order valence-electron chi connectivity index (χ1n) is 12.8. The second kappa shape index (κ2) is 9.58. The lowest BCUT2D eigenvalue weighted by molar-refractivity contribution is -0.127. The van der Waals surface area contributed by atoms with Crippen molar-refractivity contribution in [1.29, 1.82) is 0 Å². The van der Waals surface area contributed by atoms with Gasteiger partial charge in [0.15, 0.2) is 0 Å². The molecule has 0 N–H and O–H groups in total. The van der Waals surface area contributed by atoms with Gasteiger partial charge in [-0.05, 0) is 66.2 Å². The van der Waals surface area contributed by atoms with Gasteiger partial charge in [0, 0.05) is 20.1 Å². The second-order valence-electron chi connectivity index (χ2n) is 10.1. The van der Waals surface area contributed by atoms with Crippen molar-refractivity contribution in [3.63, 3.8) is 0 Å². The van der Waals surface area contributed by atoms with Crippen molar-refractivity contribution < 1.29 is 28.7 Å². The van der Waals surface area contributed by atoms with Gasteiger partial charge in [-0.25, -0.2) is 4.90 Å². The molecule has 41 heavy (non-hydrogen) atoms. The predicted molar refractivity (Wildman–Crippen MR) is 156 cm³/mol. The Hall–Kier alpha value is -3.92. The summed E-state index contributed by atoms with van der Waals surface area (Å²) in [4.78, 5) is 57.0. The molecule has 7 nitrogen and oxygen atoms in total. The van der Waals surface area contributed by atoms with E-state index in [0.29, 0.717) is 22.7 Å². The summed E-state index contributed by atoms with van der Waals surface area (Å²) in [5, 5.41) is 0. The maximum atomic E-state index is 14.1. The molecule has 2 amide bonds. The summed E-state index contributed by atoms with van der Waals surface area (Å²) in [6.07, 6.45) is -0.975. The van der Waals surface area contributed by atoms with E-state index in [9.17, 15) is 19.2 Å². The highest BCUT2D eigenvalue weighted by Gasteiger charge is 2.74. The van der Waals surface area contributed by atoms with Gasteiger partial charge in [0.2, 0.25) is 29.0 Å². The third kappa shape index (κ3) is 3.87. The number of hydrogen-bond donors (Lipinski definition) is 0. The molecule has 4 aromatic carbocycles. The van der Waals surface area contributed by atoms with Crippen LogP contribution in [-0.4, -0.2) is 29.0 Å². The Balaban J connectivity index is 1.28. The standard InChI is InChI=1S/C32H19Br2NO6/c33-18-7-5-17(6-8-18)27-25-26(32(41-27)28(36)23-3-1-2-4-24(23)29(32)37)31(39)35(30(25)38)20-11-15-22(16-12-20)40-21-13-9-19(34)10-14-21/h1-16,25-27H/t25-,26+,27+/m0/s1. The van der Waals surface area contributed by atoms with Crippen molar-refractivity contribution in [2.24, 2.45) is 11.8 Å². The molecule has 0 bridgehead atoms. The highest BCUT2D eigenvalue weighted by Crippen LogP contribution is 2.57. The summed E-state index contributed by atoms with van der Waals surface area (Å²) in [7, 11) is 0. The van der Waals surface area contributed by atoms with Crippen LogP contribution in [0.5, 0.6) is 11.5 Å². The molecule has 1 spiro atoms. The third-order valence-corrected chi connectivity index (χ3v) is 8.92. The minimum Gasteiger partial charge on any atom is -0.457 e. The number of amides is 2. The Morgan fingerprint density at radius 1 is 0.659 bits per heavy atom. The Bertz CT molecular complexity index is 1720. The molecule has 0 saturated carbocycles. The van der Waals surface area contributed by atoms with Gasteiger partial charge >= 0.3 is 0 Å². The lowest BCUT2D eigenvalue weighted by Crippen LogP contribution is -2.51. The van der Waals surface area contributed by atoms with Crippen molar-refractivity contribution >= 4 is 60.9 Å². The lowest BCUT2D eigenvalue weighted by atomic mass is 9.77. The maximum Gasteiger partial charge on any atom is 0.241 e. The normalized spacial score (nSPS) is 22.4. The first-order valence-corrected chi connectivity index (χ1v) is 14.4. The van der Waals surface area contributed by atoms with Crippen LogP contribution in [0.4, 0.5) is 5.69 Å². The summed E-state index contributed by atoms with van der Waals surface area (Å²) >= 11 is 6.80. The number of Topliss-reactive ketones (excluding diaryl/α,β-unsaturated/α-hetero) is 2. The number of hydrogen-bond acceptors (Lipinski definition) is 6. The zero-order chi connectivity index (χ0) is 28.5. The minimum atomic E-state index is -2.11. The van der Waals surface area contributed by atoms with Gasteiger partial charge in [0.05, 0.1) is 23.6 Å². The number of carbonyl (C=O) groups is 4. The number of ether oxygens (including phenoxy) is 2. The Labute approximate surface area is 251 Å². The molecule has 0 aromatic heterocycles. The molecule has 202 valence electrons. The molecule has 3 atom stereocenters. The summed E-state index contributed by atoms with van der Waals surface area (Å²) in [6.45, 7) is 0. The summed E-state index contributed by atoms with van der Waals surface area (Å²) in [5.41, 5.74) is -0.810. The quantitative estimate of drug-likeness (QED) is 0.177. The molecule has 2 aliphatic heterocycles. The second-order valence-corrected chi connectivity index (χ2v) is 11.9. The SMILES string of the molecule is O=C1[C@@H]2[C@@H](c3ccc(Br)cc3)OC3(C(=O)c4ccccc4C3=O)[C@H]2C(=O)N1c1ccc(Oc2ccc(Br)cc2)cc1. The Morgan fingerprint density at radius 3 is 1.73 bits per heavy atom. The average molecular weight is 673 g/mol. The fourth-order valence-electron chi connectivity index (χ4n) is 6.03. The van der Waals surface area contributed by atoms with Crippen molar-refractivity contribution in [3.8, 4) is 11.5 Å². The van der Waals surface area contributed by atoms with Gasteiger partial charge in [-0.3, -0.25) is 19.2 Å². The van der Waals surface area contributed by atoms with Crippen molar-refractivity contribution in [1.82, 2.24) is 0 Å². The first kappa shape index (κ1) is 26.0. The third-order valence-electron chi connectivity index (χ3n) is 7.86. The highest BCUT2D eigenvalue weighted by atomic mass is 79.9. The van der Waals surface area contributed by atoms with Gasteiger partial charge in [-0.15, -0.1) is 0 Å². The summed E-state index contributed by atoms with van der Waals surface area (Å²) in [5.74, 6) is -3.58. The topological polar surface area (TPSA) is 90.0 Å². The summed E-state index contributed by atoms with van der Waals surface area (Å²) in [6, 6.07) is 27.4. The number of fused-ring (bicyclic) bond motifs is 3. The molecule has 1 aliphatic carbocycles. The van der Waals surface area contributed by atoms with Crippen LogP contribution in [0.1, 0.15) is 32.4 Å². The van der Waals surface area contributed by atoms with E-state index < -0.39 is 46.9 Å². The smallest absolute Gasteiger partial charge is 0.241 e. The first-order chi connectivity index (χ1) is 19.8. The molecular weight excluding hydrogens is 654 g/mol. The monoisotopic (exact) mass is 671 g/mol. The highest BCUT2D eigenvalue weighted by molar-refractivity contribution is 9.10. The van der Waals surface area contributed by atoms with Crippen molar-refractivity contribution in [2.45, 2.75) is 11.7 Å². The number of imide groups is 1. The number of halogens is 2. The number of nitrogens with zero attached hydrogens (tertiary/aromatic N) is 1. The predicted octanol–water partition coefficient (Wildman–Crippen LogP) is 6.70. The zero-order valence-electron chi connectivity index (χ0n) is 21.1. The molecule has 7 rings (SSSR count). The zero-order valence-corrected chi connectivity index (χ0v) is 24.3. The van der Waals surface area contributed by atoms with Crippen LogP contribution in [0.15, 0.2) is 106 Å². The van der Waals surface area contributed by atoms with Crippen molar-refractivity contribution in [2.75, 3.05) is 4.90 Å². The Morgan fingerprint density at radius 2 is 1.17 bits per heavy atom. The lowest BCUT2D eigenvalue weighted by Gasteiger charge is -2.27. The molecule has 2 saturated heterocycles. The number of rotatable bonds is 4. The Kier molecular flexibility index (Phi) is 6.08. The number of ketones is 2. The van der Waals surface area contributed by atoms with E-state index in [1.54, 1.807) is 72.8 Å². The van der Waals surface area contributed by atoms with Gasteiger partial charge in [0.25, 0.3) is 0 Å². The van der Waals surface area contributed by atoms with Crippen LogP contribution in [0.3, 0.4) is 0 Å². The molecule has 0 radical (unpaired) electrons. The van der Waals surface area contributed by atoms with Gasteiger partial charge in [-0.1, -0.05) is 68.3 Å². The van der Waals surface area contributed by atoms with Crippen LogP contribution in [0.25, 0.3) is 0 Å². The number of carbonyl (C=O) groups excluding carboxylic acids is 4. The van der Waals surface area contributed by atoms with E-state index in [1.807, 2.05) is 24.3 Å². The molecule has 0 unspecified atom stereocenters. The van der Waals surface area contributed by atoms with Crippen LogP contribution >= 0.6 is 31.9 Å². The van der Waals surface area contributed by atoms with E-state index in [0.717, 1.165) is 13.8 Å². The van der Waals surface area contributed by atoms with E-state index in [1.165, 1.54) is 0 Å². The summed E-state index contributed by atoms with van der Waals surface area (Å²) < 4.78 is 13.9. The van der Waals surface area contributed by atoms with Crippen LogP contribution < -0.4 is 9.64 Å². The molecule has 2 fully saturated rings. The number of anilines is 1. The fourth-order valence-corrected chi connectivity index (χ4v) is 6.56. The maximum absolute atomic E-state index is 14.1. The number of benzene rings is 4. The fraction of sp³-hybridized carbons (Fsp3) is 0.125. The van der Waals surface area contributed by atoms with E-state index in [2.05, 4.69) is 31.9 Å². The molecule has 9 heteroatoms. The van der Waals surface area contributed by atoms with Crippen LogP contribution in [0.2, 0.25) is 0 Å². The molecule has 3 aliphatic rings. The van der Waals surface area contributed by atoms with Gasteiger partial charge in [-0.2, -0.15) is 0 Å².